The van der Waals surface area contributed by atoms with E-state index in [1.165, 1.54) is 26.2 Å². The lowest BCUT2D eigenvalue weighted by Gasteiger charge is -2.18. The van der Waals surface area contributed by atoms with Crippen LogP contribution in [0.3, 0.4) is 0 Å². The third-order valence-electron chi connectivity index (χ3n) is 3.17. The highest BCUT2D eigenvalue weighted by Crippen LogP contribution is 2.26. The van der Waals surface area contributed by atoms with Crippen LogP contribution in [0.4, 0.5) is 14.6 Å². The Morgan fingerprint density at radius 2 is 2.04 bits per heavy atom. The first-order valence-corrected chi connectivity index (χ1v) is 6.81. The second-order valence-electron chi connectivity index (χ2n) is 4.69. The minimum atomic E-state index is -0.873. The predicted molar refractivity (Wildman–Crippen MR) is 78.5 cm³/mol. The fourth-order valence-electron chi connectivity index (χ4n) is 2.00. The third kappa shape index (κ3) is 3.20. The van der Waals surface area contributed by atoms with E-state index >= 15 is 0 Å². The minimum absolute atomic E-state index is 0.00766. The van der Waals surface area contributed by atoms with Crippen molar-refractivity contribution in [2.45, 2.75) is 13.8 Å². The first-order valence-electron chi connectivity index (χ1n) is 6.81. The van der Waals surface area contributed by atoms with Crippen LogP contribution in [0.25, 0.3) is 5.69 Å². The van der Waals surface area contributed by atoms with Crippen LogP contribution in [0.2, 0.25) is 0 Å². The van der Waals surface area contributed by atoms with Crippen LogP contribution in [0.5, 0.6) is 0 Å². The van der Waals surface area contributed by atoms with Gasteiger partial charge in [-0.05, 0) is 19.1 Å². The molecule has 0 N–H and O–H groups in total. The molecule has 8 heteroatoms. The van der Waals surface area contributed by atoms with Gasteiger partial charge in [0.1, 0.15) is 17.1 Å². The van der Waals surface area contributed by atoms with Crippen molar-refractivity contribution < 1.29 is 23.1 Å². The molecular formula is C15H15F2N3O3. The molecule has 0 unspecified atom stereocenters. The Morgan fingerprint density at radius 1 is 1.35 bits per heavy atom. The number of benzene rings is 1. The highest BCUT2D eigenvalue weighted by Gasteiger charge is 2.25. The summed E-state index contributed by atoms with van der Waals surface area (Å²) in [6.45, 7) is 3.06. The van der Waals surface area contributed by atoms with Crippen molar-refractivity contribution in [2.24, 2.45) is 0 Å². The van der Waals surface area contributed by atoms with Crippen LogP contribution in [0, 0.1) is 11.6 Å². The zero-order valence-electron chi connectivity index (χ0n) is 12.8. The molecule has 0 saturated carbocycles. The lowest BCUT2D eigenvalue weighted by Crippen LogP contribution is -2.27. The second kappa shape index (κ2) is 6.55. The summed E-state index contributed by atoms with van der Waals surface area (Å²) in [6, 6.07) is 2.92. The van der Waals surface area contributed by atoms with Gasteiger partial charge >= 0.3 is 5.97 Å². The van der Waals surface area contributed by atoms with Crippen LogP contribution >= 0.6 is 0 Å². The SMILES string of the molecule is CCOC(=O)c1cnn(-c2ccc(F)cc2F)c1N(C)C(C)=O. The molecule has 0 atom stereocenters. The Morgan fingerprint density at radius 3 is 2.61 bits per heavy atom. The predicted octanol–water partition coefficient (Wildman–Crippen LogP) is 2.31. The largest absolute Gasteiger partial charge is 0.462 e. The molecule has 1 aromatic carbocycles. The first kappa shape index (κ1) is 16.6. The lowest BCUT2D eigenvalue weighted by molar-refractivity contribution is -0.116. The van der Waals surface area contributed by atoms with E-state index in [4.69, 9.17) is 4.74 Å². The number of aromatic nitrogens is 2. The molecule has 0 radical (unpaired) electrons. The maximum Gasteiger partial charge on any atom is 0.343 e. The monoisotopic (exact) mass is 323 g/mol. The number of anilines is 1. The summed E-state index contributed by atoms with van der Waals surface area (Å²) in [5.41, 5.74) is -0.0849. The first-order chi connectivity index (χ1) is 10.9. The molecule has 1 amide bonds. The van der Waals surface area contributed by atoms with Gasteiger partial charge in [-0.1, -0.05) is 0 Å². The van der Waals surface area contributed by atoms with Gasteiger partial charge < -0.3 is 4.74 Å². The topological polar surface area (TPSA) is 64.4 Å². The van der Waals surface area contributed by atoms with Gasteiger partial charge in [0.05, 0.1) is 12.8 Å². The molecule has 1 aromatic heterocycles. The lowest BCUT2D eigenvalue weighted by atomic mass is 10.2. The van der Waals surface area contributed by atoms with E-state index in [-0.39, 0.29) is 29.6 Å². The molecule has 2 aromatic rings. The molecule has 23 heavy (non-hydrogen) atoms. The molecule has 122 valence electrons. The maximum absolute atomic E-state index is 14.0. The van der Waals surface area contributed by atoms with Crippen molar-refractivity contribution in [1.82, 2.24) is 9.78 Å². The molecule has 2 rings (SSSR count). The summed E-state index contributed by atoms with van der Waals surface area (Å²) in [5, 5.41) is 3.94. The van der Waals surface area contributed by atoms with Gasteiger partial charge in [0, 0.05) is 20.0 Å². The van der Waals surface area contributed by atoms with Crippen LogP contribution in [0.1, 0.15) is 24.2 Å². The highest BCUT2D eigenvalue weighted by molar-refractivity contribution is 6.00. The van der Waals surface area contributed by atoms with Crippen molar-refractivity contribution in [1.29, 1.82) is 0 Å². The highest BCUT2D eigenvalue weighted by atomic mass is 19.1. The van der Waals surface area contributed by atoms with Gasteiger partial charge in [-0.15, -0.1) is 0 Å². The molecule has 0 aliphatic heterocycles. The van der Waals surface area contributed by atoms with Crippen molar-refractivity contribution in [3.8, 4) is 5.69 Å². The van der Waals surface area contributed by atoms with Crippen molar-refractivity contribution in [3.05, 3.63) is 41.6 Å². The van der Waals surface area contributed by atoms with Crippen LogP contribution < -0.4 is 4.90 Å². The summed E-state index contributed by atoms with van der Waals surface area (Å²) < 4.78 is 33.1. The Balaban J connectivity index is 2.64. The van der Waals surface area contributed by atoms with E-state index in [1.54, 1.807) is 6.92 Å². The number of hydrogen-bond donors (Lipinski definition) is 0. The fourth-order valence-corrected chi connectivity index (χ4v) is 2.00. The number of carbonyl (C=O) groups is 2. The Hall–Kier alpha value is -2.77. The third-order valence-corrected chi connectivity index (χ3v) is 3.17. The number of nitrogens with zero attached hydrogens (tertiary/aromatic N) is 3. The number of hydrogen-bond acceptors (Lipinski definition) is 4. The van der Waals surface area contributed by atoms with Crippen LogP contribution in [-0.2, 0) is 9.53 Å². The van der Waals surface area contributed by atoms with Crippen LogP contribution in [0.15, 0.2) is 24.4 Å². The number of esters is 1. The quantitative estimate of drug-likeness (QED) is 0.810. The molecular weight excluding hydrogens is 308 g/mol. The van der Waals surface area contributed by atoms with Crippen molar-refractivity contribution >= 4 is 17.7 Å². The van der Waals surface area contributed by atoms with Crippen LogP contribution in [-0.4, -0.2) is 35.3 Å². The summed E-state index contributed by atoms with van der Waals surface area (Å²) in [6.07, 6.45) is 1.18. The normalized spacial score (nSPS) is 10.5. The molecule has 0 aliphatic rings. The molecule has 0 fully saturated rings. The van der Waals surface area contributed by atoms with Gasteiger partial charge in [-0.25, -0.2) is 18.3 Å². The maximum atomic E-state index is 14.0. The van der Waals surface area contributed by atoms with Gasteiger partial charge in [0.15, 0.2) is 11.6 Å². The summed E-state index contributed by atoms with van der Waals surface area (Å²) in [7, 11) is 1.42. The molecule has 0 aliphatic carbocycles. The summed E-state index contributed by atoms with van der Waals surface area (Å²) in [5.74, 6) is -2.65. The Kier molecular flexibility index (Phi) is 4.73. The summed E-state index contributed by atoms with van der Waals surface area (Å²) >= 11 is 0. The Bertz CT molecular complexity index is 758. The standard InChI is InChI=1S/C15H15F2N3O3/c1-4-23-15(22)11-8-18-20(14(11)19(3)9(2)21)13-6-5-10(16)7-12(13)17/h5-8H,4H2,1-3H3. The number of rotatable bonds is 4. The van der Waals surface area contributed by atoms with E-state index in [1.807, 2.05) is 0 Å². The van der Waals surface area contributed by atoms with E-state index in [9.17, 15) is 18.4 Å². The van der Waals surface area contributed by atoms with E-state index in [0.29, 0.717) is 6.07 Å². The number of halogens is 2. The molecule has 0 saturated heterocycles. The smallest absolute Gasteiger partial charge is 0.343 e. The van der Waals surface area contributed by atoms with E-state index in [0.717, 1.165) is 15.6 Å². The van der Waals surface area contributed by atoms with E-state index < -0.39 is 17.6 Å². The van der Waals surface area contributed by atoms with E-state index in [2.05, 4.69) is 5.10 Å². The summed E-state index contributed by atoms with van der Waals surface area (Å²) in [4.78, 5) is 24.8. The molecule has 6 nitrogen and oxygen atoms in total. The van der Waals surface area contributed by atoms with Crippen molar-refractivity contribution in [2.75, 3.05) is 18.6 Å². The molecule has 0 spiro atoms. The number of amides is 1. The van der Waals surface area contributed by atoms with Crippen molar-refractivity contribution in [3.63, 3.8) is 0 Å². The number of carbonyl (C=O) groups excluding carboxylic acids is 2. The molecule has 0 bridgehead atoms. The zero-order chi connectivity index (χ0) is 17.1. The zero-order valence-corrected chi connectivity index (χ0v) is 12.8. The Labute approximate surface area is 131 Å². The fraction of sp³-hybridized carbons (Fsp3) is 0.267. The van der Waals surface area contributed by atoms with Gasteiger partial charge in [0.2, 0.25) is 5.91 Å². The average molecular weight is 323 g/mol. The average Bonchev–Trinajstić information content (AvgIpc) is 2.91. The van der Waals surface area contributed by atoms with Gasteiger partial charge in [-0.2, -0.15) is 5.10 Å². The number of ether oxygens (including phenoxy) is 1. The second-order valence-corrected chi connectivity index (χ2v) is 4.69. The van der Waals surface area contributed by atoms with Gasteiger partial charge in [-0.3, -0.25) is 9.69 Å². The minimum Gasteiger partial charge on any atom is -0.462 e. The molecule has 1 heterocycles. The van der Waals surface area contributed by atoms with Gasteiger partial charge in [0.25, 0.3) is 0 Å².